The number of benzene rings is 2. The number of amidine groups is 1. The third-order valence-corrected chi connectivity index (χ3v) is 5.37. The first-order valence-corrected chi connectivity index (χ1v) is 8.41. The summed E-state index contributed by atoms with van der Waals surface area (Å²) in [6.07, 6.45) is 2.78. The van der Waals surface area contributed by atoms with Gasteiger partial charge in [0.25, 0.3) is 0 Å². The van der Waals surface area contributed by atoms with Gasteiger partial charge in [-0.25, -0.2) is 0 Å². The number of nitrogens with zero attached hydrogens (tertiary/aromatic N) is 1. The molecule has 1 heterocycles. The average molecular weight is 294 g/mol. The van der Waals surface area contributed by atoms with Gasteiger partial charge in [-0.3, -0.25) is 4.99 Å². The molecule has 0 saturated heterocycles. The topological polar surface area (TPSA) is 24.4 Å². The molecule has 0 amide bonds. The Kier molecular flexibility index (Phi) is 3.44. The number of thioether (sulfide) groups is 1. The second-order valence-corrected chi connectivity index (χ2v) is 6.90. The number of aliphatic imine (C=N–C) groups is 1. The molecule has 1 atom stereocenters. The van der Waals surface area contributed by atoms with Crippen LogP contribution >= 0.6 is 11.8 Å². The largest absolute Gasteiger partial charge is 0.334 e. The van der Waals surface area contributed by atoms with Gasteiger partial charge in [-0.1, -0.05) is 60.3 Å². The zero-order valence-corrected chi connectivity index (χ0v) is 12.6. The Balaban J connectivity index is 1.55. The summed E-state index contributed by atoms with van der Waals surface area (Å²) < 4.78 is 0. The highest BCUT2D eigenvalue weighted by atomic mass is 32.2. The summed E-state index contributed by atoms with van der Waals surface area (Å²) >= 11 is 1.92. The highest BCUT2D eigenvalue weighted by Gasteiger charge is 2.35. The molecule has 0 spiro atoms. The molecule has 2 aliphatic rings. The lowest BCUT2D eigenvalue weighted by Gasteiger charge is -2.12. The monoisotopic (exact) mass is 294 g/mol. The van der Waals surface area contributed by atoms with Crippen molar-refractivity contribution in [1.29, 1.82) is 0 Å². The lowest BCUT2D eigenvalue weighted by atomic mass is 10.0. The minimum absolute atomic E-state index is 0.705. The van der Waals surface area contributed by atoms with Crippen molar-refractivity contribution in [3.05, 3.63) is 54.6 Å². The zero-order valence-electron chi connectivity index (χ0n) is 11.8. The summed E-state index contributed by atoms with van der Waals surface area (Å²) in [5.74, 6) is 0.905. The van der Waals surface area contributed by atoms with Crippen molar-refractivity contribution >= 4 is 22.6 Å². The SMILES string of the molecule is c1ccc(-c2ccccc2NC2=NCC(C3CC3)S2)cc1. The summed E-state index contributed by atoms with van der Waals surface area (Å²) in [6.45, 7) is 0.977. The number of para-hydroxylation sites is 1. The molecule has 1 fully saturated rings. The fourth-order valence-corrected chi connectivity index (χ4v) is 3.97. The van der Waals surface area contributed by atoms with Gasteiger partial charge < -0.3 is 5.32 Å². The van der Waals surface area contributed by atoms with Crippen LogP contribution in [0.1, 0.15) is 12.8 Å². The first-order chi connectivity index (χ1) is 10.4. The van der Waals surface area contributed by atoms with Gasteiger partial charge in [0.15, 0.2) is 5.17 Å². The first-order valence-electron chi connectivity index (χ1n) is 7.53. The molecule has 0 aromatic heterocycles. The molecule has 1 aliphatic carbocycles. The second-order valence-electron chi connectivity index (χ2n) is 5.68. The van der Waals surface area contributed by atoms with Gasteiger partial charge in [0.05, 0.1) is 6.54 Å². The van der Waals surface area contributed by atoms with Crippen LogP contribution in [0.3, 0.4) is 0 Å². The summed E-state index contributed by atoms with van der Waals surface area (Å²) in [7, 11) is 0. The van der Waals surface area contributed by atoms with Crippen molar-refractivity contribution in [2.24, 2.45) is 10.9 Å². The molecular formula is C18H18N2S. The lowest BCUT2D eigenvalue weighted by molar-refractivity contribution is 0.773. The molecule has 21 heavy (non-hydrogen) atoms. The predicted molar refractivity (Wildman–Crippen MR) is 91.9 cm³/mol. The van der Waals surface area contributed by atoms with Crippen molar-refractivity contribution in [2.75, 3.05) is 11.9 Å². The third-order valence-electron chi connectivity index (χ3n) is 4.08. The molecule has 106 valence electrons. The van der Waals surface area contributed by atoms with Crippen LogP contribution in [-0.4, -0.2) is 17.0 Å². The van der Waals surface area contributed by atoms with E-state index in [0.29, 0.717) is 5.25 Å². The van der Waals surface area contributed by atoms with E-state index >= 15 is 0 Å². The average Bonchev–Trinajstić information content (AvgIpc) is 3.29. The van der Waals surface area contributed by atoms with Gasteiger partial charge in [0, 0.05) is 16.5 Å². The van der Waals surface area contributed by atoms with E-state index in [2.05, 4.69) is 64.9 Å². The van der Waals surface area contributed by atoms with Crippen molar-refractivity contribution in [3.63, 3.8) is 0 Å². The van der Waals surface area contributed by atoms with Crippen molar-refractivity contribution in [1.82, 2.24) is 0 Å². The van der Waals surface area contributed by atoms with Gasteiger partial charge in [0.1, 0.15) is 0 Å². The van der Waals surface area contributed by atoms with E-state index in [-0.39, 0.29) is 0 Å². The molecule has 3 heteroatoms. The number of hydrogen-bond donors (Lipinski definition) is 1. The summed E-state index contributed by atoms with van der Waals surface area (Å²) in [4.78, 5) is 4.68. The molecule has 1 unspecified atom stereocenters. The van der Waals surface area contributed by atoms with E-state index in [1.807, 2.05) is 11.8 Å². The Bertz CT molecular complexity index is 662. The van der Waals surface area contributed by atoms with E-state index in [9.17, 15) is 0 Å². The molecule has 2 aromatic rings. The fourth-order valence-electron chi connectivity index (χ4n) is 2.75. The molecule has 0 radical (unpaired) electrons. The van der Waals surface area contributed by atoms with E-state index in [4.69, 9.17) is 0 Å². The highest BCUT2D eigenvalue weighted by molar-refractivity contribution is 8.15. The maximum absolute atomic E-state index is 4.68. The lowest BCUT2D eigenvalue weighted by Crippen LogP contribution is -2.09. The maximum Gasteiger partial charge on any atom is 0.161 e. The van der Waals surface area contributed by atoms with Crippen LogP contribution < -0.4 is 5.32 Å². The molecular weight excluding hydrogens is 276 g/mol. The second kappa shape index (κ2) is 5.57. The smallest absolute Gasteiger partial charge is 0.161 e. The summed E-state index contributed by atoms with van der Waals surface area (Å²) in [5, 5.41) is 5.32. The Morgan fingerprint density at radius 1 is 0.952 bits per heavy atom. The first kappa shape index (κ1) is 13.0. The maximum atomic E-state index is 4.68. The Hall–Kier alpha value is -1.74. The quantitative estimate of drug-likeness (QED) is 0.891. The molecule has 2 aromatic carbocycles. The van der Waals surface area contributed by atoms with Crippen LogP contribution in [0.2, 0.25) is 0 Å². The molecule has 0 bridgehead atoms. The molecule has 1 aliphatic heterocycles. The predicted octanol–water partition coefficient (Wildman–Crippen LogP) is 4.65. The van der Waals surface area contributed by atoms with E-state index < -0.39 is 0 Å². The van der Waals surface area contributed by atoms with E-state index in [1.165, 1.54) is 24.0 Å². The summed E-state index contributed by atoms with van der Waals surface area (Å²) in [6, 6.07) is 19.0. The molecule has 1 N–H and O–H groups in total. The van der Waals surface area contributed by atoms with Gasteiger partial charge >= 0.3 is 0 Å². The van der Waals surface area contributed by atoms with Crippen molar-refractivity contribution in [2.45, 2.75) is 18.1 Å². The van der Waals surface area contributed by atoms with Gasteiger partial charge in [0.2, 0.25) is 0 Å². The van der Waals surface area contributed by atoms with Gasteiger partial charge in [-0.15, -0.1) is 0 Å². The highest BCUT2D eigenvalue weighted by Crippen LogP contribution is 2.42. The van der Waals surface area contributed by atoms with Crippen LogP contribution in [-0.2, 0) is 0 Å². The van der Waals surface area contributed by atoms with Crippen molar-refractivity contribution < 1.29 is 0 Å². The minimum atomic E-state index is 0.705. The molecule has 4 rings (SSSR count). The third kappa shape index (κ3) is 2.84. The number of hydrogen-bond acceptors (Lipinski definition) is 3. The molecule has 2 nitrogen and oxygen atoms in total. The fraction of sp³-hybridized carbons (Fsp3) is 0.278. The minimum Gasteiger partial charge on any atom is -0.334 e. The number of nitrogens with one attached hydrogen (secondary N) is 1. The van der Waals surface area contributed by atoms with Gasteiger partial charge in [-0.2, -0.15) is 0 Å². The Morgan fingerprint density at radius 3 is 2.52 bits per heavy atom. The standard InChI is InChI=1S/C18H18N2S/c1-2-6-13(7-3-1)15-8-4-5-9-16(15)20-18-19-12-17(21-18)14-10-11-14/h1-9,14,17H,10-12H2,(H,19,20). The van der Waals surface area contributed by atoms with E-state index in [1.54, 1.807) is 0 Å². The van der Waals surface area contributed by atoms with Gasteiger partial charge in [-0.05, 0) is 30.4 Å². The van der Waals surface area contributed by atoms with Crippen LogP contribution in [0.4, 0.5) is 5.69 Å². The number of anilines is 1. The Labute approximate surface area is 129 Å². The number of rotatable bonds is 3. The zero-order chi connectivity index (χ0) is 14.1. The van der Waals surface area contributed by atoms with E-state index in [0.717, 1.165) is 23.3 Å². The van der Waals surface area contributed by atoms with Crippen LogP contribution in [0.5, 0.6) is 0 Å². The van der Waals surface area contributed by atoms with Crippen LogP contribution in [0, 0.1) is 5.92 Å². The molecule has 1 saturated carbocycles. The normalized spacial score (nSPS) is 21.1. The van der Waals surface area contributed by atoms with Crippen LogP contribution in [0.25, 0.3) is 11.1 Å². The van der Waals surface area contributed by atoms with Crippen LogP contribution in [0.15, 0.2) is 59.6 Å². The Morgan fingerprint density at radius 2 is 1.71 bits per heavy atom. The van der Waals surface area contributed by atoms with Crippen molar-refractivity contribution in [3.8, 4) is 11.1 Å². The summed E-state index contributed by atoms with van der Waals surface area (Å²) in [5.41, 5.74) is 3.62.